The summed E-state index contributed by atoms with van der Waals surface area (Å²) in [5.74, 6) is 1.50. The molecule has 0 amide bonds. The van der Waals surface area contributed by atoms with Crippen LogP contribution in [0.5, 0.6) is 0 Å². The maximum absolute atomic E-state index is 8.46. The topological polar surface area (TPSA) is 128 Å². The van der Waals surface area contributed by atoms with E-state index in [1.54, 1.807) is 41.5 Å². The SMILES string of the molecule is CC(=[OH+])CC(C)=[OH+].CC(=[OH+])CC(C)=[OH+].CC(=[OH+])CC(C)=[OH+].[Tm]. The smallest absolute Gasteiger partial charge is 0.283 e. The van der Waals surface area contributed by atoms with Crippen LogP contribution < -0.4 is 0 Å². The van der Waals surface area contributed by atoms with Crippen molar-refractivity contribution in [1.82, 2.24) is 0 Å². The minimum absolute atomic E-state index is 0. The summed E-state index contributed by atoms with van der Waals surface area (Å²) >= 11 is 0. The summed E-state index contributed by atoms with van der Waals surface area (Å²) < 4.78 is 0. The molecule has 0 atom stereocenters. The maximum Gasteiger partial charge on any atom is 0.302 e. The molecule has 0 aliphatic rings. The molecule has 22 heavy (non-hydrogen) atoms. The predicted molar refractivity (Wildman–Crippen MR) is 89.6 cm³/mol. The number of hydrogen-bond acceptors (Lipinski definition) is 0. The molecule has 1 radical (unpaired) electrons. The molecule has 0 saturated carbocycles. The van der Waals surface area contributed by atoms with Gasteiger partial charge in [0.15, 0.2) is 19.3 Å². The Balaban J connectivity index is -0.000000108. The van der Waals surface area contributed by atoms with Gasteiger partial charge in [0.25, 0.3) is 0 Å². The first-order chi connectivity index (χ1) is 9.38. The fourth-order valence-corrected chi connectivity index (χ4v) is 1.11. The molecule has 6 nitrogen and oxygen atoms in total. The van der Waals surface area contributed by atoms with Crippen LogP contribution in [0.3, 0.4) is 0 Å². The van der Waals surface area contributed by atoms with Crippen molar-refractivity contribution in [2.24, 2.45) is 0 Å². The molecule has 133 valence electrons. The standard InChI is InChI=1S/3C5H8O2.Tm/c3*1-4(6)3-5(2)7;/h3*3H2,1-2H3;/p+6. The van der Waals surface area contributed by atoms with Crippen LogP contribution in [-0.2, 0) is 0 Å². The molecule has 0 bridgehead atoms. The Hall–Kier alpha value is -0.746. The van der Waals surface area contributed by atoms with Gasteiger partial charge in [-0.2, -0.15) is 0 Å². The molecule has 0 unspecified atom stereocenters. The van der Waals surface area contributed by atoms with Gasteiger partial charge >= 0.3 is 34.7 Å². The summed E-state index contributed by atoms with van der Waals surface area (Å²) in [7, 11) is 0. The van der Waals surface area contributed by atoms with Crippen LogP contribution in [0.25, 0.3) is 0 Å². The third kappa shape index (κ3) is 50.7. The van der Waals surface area contributed by atoms with Crippen LogP contribution in [0.4, 0.5) is 0 Å². The molecule has 6 N–H and O–H groups in total. The second kappa shape index (κ2) is 18.3. The first-order valence-electron chi connectivity index (χ1n) is 6.46. The van der Waals surface area contributed by atoms with Gasteiger partial charge in [-0.3, -0.25) is 28.8 Å². The van der Waals surface area contributed by atoms with Crippen LogP contribution >= 0.6 is 0 Å². The molecular formula is C15H30O6Tm+6. The summed E-state index contributed by atoms with van der Waals surface area (Å²) in [5.41, 5.74) is 0. The van der Waals surface area contributed by atoms with Crippen LogP contribution in [0.15, 0.2) is 0 Å². The van der Waals surface area contributed by atoms with Crippen LogP contribution in [0.2, 0.25) is 0 Å². The van der Waals surface area contributed by atoms with Gasteiger partial charge in [0.05, 0.1) is 0 Å². The minimum atomic E-state index is 0. The van der Waals surface area contributed by atoms with Crippen molar-refractivity contribution in [3.05, 3.63) is 0 Å². The zero-order valence-corrected chi connectivity index (χ0v) is 15.9. The molecule has 0 aromatic rings. The number of carbonyl (C=O) groups excluding carboxylic acids is 6. The molecule has 0 saturated heterocycles. The van der Waals surface area contributed by atoms with Gasteiger partial charge in [-0.05, 0) is 0 Å². The Morgan fingerprint density at radius 2 is 0.500 bits per heavy atom. The van der Waals surface area contributed by atoms with Crippen molar-refractivity contribution in [2.75, 3.05) is 0 Å². The van der Waals surface area contributed by atoms with Crippen LogP contribution in [0, 0.1) is 36.9 Å². The van der Waals surface area contributed by atoms with E-state index in [2.05, 4.69) is 0 Å². The van der Waals surface area contributed by atoms with E-state index < -0.39 is 0 Å². The second-order valence-corrected chi connectivity index (χ2v) is 4.94. The predicted octanol–water partition coefficient (Wildman–Crippen LogP) is 1.52. The number of rotatable bonds is 6. The van der Waals surface area contributed by atoms with E-state index in [0.717, 1.165) is 0 Å². The Morgan fingerprint density at radius 3 is 0.500 bits per heavy atom. The van der Waals surface area contributed by atoms with Crippen molar-refractivity contribution >= 4 is 34.7 Å². The quantitative estimate of drug-likeness (QED) is 0.408. The van der Waals surface area contributed by atoms with Crippen molar-refractivity contribution in [2.45, 2.75) is 60.8 Å². The zero-order chi connectivity index (χ0) is 17.6. The monoisotopic (exact) mass is 475 g/mol. The van der Waals surface area contributed by atoms with Gasteiger partial charge in [0.2, 0.25) is 0 Å². The minimum Gasteiger partial charge on any atom is -0.283 e. The number of ketones is 6. The Bertz CT molecular complexity index is 314. The summed E-state index contributed by atoms with van der Waals surface area (Å²) in [6, 6.07) is 0. The maximum atomic E-state index is 8.46. The summed E-state index contributed by atoms with van der Waals surface area (Å²) in [6.45, 7) is 9.33. The van der Waals surface area contributed by atoms with E-state index in [4.69, 9.17) is 28.8 Å². The van der Waals surface area contributed by atoms with E-state index in [-0.39, 0.29) is 71.6 Å². The first kappa shape index (κ1) is 29.3. The van der Waals surface area contributed by atoms with Crippen molar-refractivity contribution in [3.8, 4) is 0 Å². The summed E-state index contributed by atoms with van der Waals surface area (Å²) in [5, 5.41) is 0. The first-order valence-corrected chi connectivity index (χ1v) is 6.46. The normalized spacial score (nSPS) is 7.91. The van der Waals surface area contributed by atoms with Gasteiger partial charge in [-0.25, -0.2) is 0 Å². The molecule has 0 rings (SSSR count). The van der Waals surface area contributed by atoms with Crippen molar-refractivity contribution < 1.29 is 65.6 Å². The fraction of sp³-hybridized carbons (Fsp3) is 0.600. The average molecular weight is 475 g/mol. The van der Waals surface area contributed by atoms with Gasteiger partial charge in [0.1, 0.15) is 0 Å². The van der Waals surface area contributed by atoms with Crippen molar-refractivity contribution in [3.63, 3.8) is 0 Å². The second-order valence-electron chi connectivity index (χ2n) is 4.94. The fourth-order valence-electron chi connectivity index (χ4n) is 1.11. The third-order valence-electron chi connectivity index (χ3n) is 1.54. The van der Waals surface area contributed by atoms with Gasteiger partial charge < -0.3 is 0 Å². The third-order valence-corrected chi connectivity index (χ3v) is 1.54. The van der Waals surface area contributed by atoms with E-state index >= 15 is 0 Å². The molecule has 7 heteroatoms. The van der Waals surface area contributed by atoms with Crippen molar-refractivity contribution in [1.29, 1.82) is 0 Å². The molecule has 0 fully saturated rings. The largest absolute Gasteiger partial charge is 0.302 e. The molecule has 0 aromatic carbocycles. The van der Waals surface area contributed by atoms with Gasteiger partial charge in [-0.1, -0.05) is 0 Å². The van der Waals surface area contributed by atoms with E-state index in [1.165, 1.54) is 0 Å². The van der Waals surface area contributed by atoms with E-state index in [9.17, 15) is 0 Å². The van der Waals surface area contributed by atoms with E-state index in [1.807, 2.05) is 0 Å². The Kier molecular flexibility index (Phi) is 24.4. The Morgan fingerprint density at radius 1 is 0.409 bits per heavy atom. The zero-order valence-electron chi connectivity index (χ0n) is 14.1. The molecule has 0 aliphatic heterocycles. The molecule has 0 aromatic heterocycles. The van der Waals surface area contributed by atoms with E-state index in [0.29, 0.717) is 19.3 Å². The summed E-state index contributed by atoms with van der Waals surface area (Å²) in [6.07, 6.45) is 0.917. The van der Waals surface area contributed by atoms with Crippen LogP contribution in [0.1, 0.15) is 60.8 Å². The summed E-state index contributed by atoms with van der Waals surface area (Å²) in [4.78, 5) is 50.8. The van der Waals surface area contributed by atoms with Crippen LogP contribution in [-0.4, -0.2) is 63.5 Å². The van der Waals surface area contributed by atoms with Gasteiger partial charge in [0, 0.05) is 78.4 Å². The molecule has 0 heterocycles. The molecular weight excluding hydrogens is 445 g/mol. The average Bonchev–Trinajstić information content (AvgIpc) is 2.10. The molecule has 0 aliphatic carbocycles. The van der Waals surface area contributed by atoms with Gasteiger partial charge in [-0.15, -0.1) is 0 Å². The molecule has 0 spiro atoms. The Labute approximate surface area is 160 Å². The number of hydrogen-bond donors (Lipinski definition) is 0.